The van der Waals surface area contributed by atoms with E-state index in [0.29, 0.717) is 33.2 Å². The molecule has 3 aromatic heterocycles. The van der Waals surface area contributed by atoms with Crippen LogP contribution in [-0.2, 0) is 11.3 Å². The third-order valence-corrected chi connectivity index (χ3v) is 6.07. The van der Waals surface area contributed by atoms with E-state index in [2.05, 4.69) is 15.3 Å². The van der Waals surface area contributed by atoms with Crippen molar-refractivity contribution in [2.45, 2.75) is 20.4 Å². The van der Waals surface area contributed by atoms with Crippen molar-refractivity contribution in [3.63, 3.8) is 0 Å². The van der Waals surface area contributed by atoms with Crippen molar-refractivity contribution < 1.29 is 19.0 Å². The van der Waals surface area contributed by atoms with Crippen LogP contribution in [0, 0.1) is 13.8 Å². The van der Waals surface area contributed by atoms with Crippen LogP contribution in [0.15, 0.2) is 29.3 Å². The number of carbonyl (C=O) groups excluding carboxylic acids is 1. The summed E-state index contributed by atoms with van der Waals surface area (Å²) in [6.07, 6.45) is 1.39. The van der Waals surface area contributed by atoms with E-state index >= 15 is 0 Å². The summed E-state index contributed by atoms with van der Waals surface area (Å²) in [6.45, 7) is 3.69. The number of amides is 1. The second-order valence-electron chi connectivity index (χ2n) is 7.18. The number of hydrogen-bond donors (Lipinski definition) is 1. The normalized spacial score (nSPS) is 11.0. The number of benzene rings is 1. The van der Waals surface area contributed by atoms with Crippen molar-refractivity contribution in [3.8, 4) is 17.2 Å². The van der Waals surface area contributed by atoms with Gasteiger partial charge in [-0.1, -0.05) is 0 Å². The van der Waals surface area contributed by atoms with Gasteiger partial charge in [0.15, 0.2) is 11.5 Å². The maximum atomic E-state index is 13.0. The van der Waals surface area contributed by atoms with Gasteiger partial charge >= 0.3 is 0 Å². The molecule has 0 aliphatic heterocycles. The smallest absolute Gasteiger partial charge is 0.271 e. The Labute approximate surface area is 187 Å². The minimum atomic E-state index is -0.395. The van der Waals surface area contributed by atoms with Crippen molar-refractivity contribution in [1.82, 2.24) is 14.5 Å². The summed E-state index contributed by atoms with van der Waals surface area (Å²) in [4.78, 5) is 35.5. The lowest BCUT2D eigenvalue weighted by molar-refractivity contribution is -0.116. The van der Waals surface area contributed by atoms with Gasteiger partial charge in [-0.2, -0.15) is 0 Å². The number of carbonyl (C=O) groups is 1. The highest BCUT2D eigenvalue weighted by Crippen LogP contribution is 2.40. The molecule has 0 saturated carbocycles. The summed E-state index contributed by atoms with van der Waals surface area (Å²) in [6, 6.07) is 5.20. The monoisotopic (exact) mass is 454 g/mol. The fourth-order valence-corrected chi connectivity index (χ4v) is 4.82. The number of fused-ring (bicyclic) bond motifs is 3. The lowest BCUT2D eigenvalue weighted by atomic mass is 10.1. The molecule has 0 aliphatic carbocycles. The topological polar surface area (TPSA) is 105 Å². The lowest BCUT2D eigenvalue weighted by Crippen LogP contribution is -2.27. The third kappa shape index (κ3) is 3.73. The van der Waals surface area contributed by atoms with E-state index in [1.54, 1.807) is 12.1 Å². The number of ether oxygens (including phenoxy) is 3. The molecule has 0 aliphatic rings. The Morgan fingerprint density at radius 2 is 1.78 bits per heavy atom. The standard InChI is InChI=1S/C22H22N4O5S/c1-11-6-12(2)24-21-17(11)18-20(32-21)22(28)26(10-23-18)9-16(27)25-13-7-14(29-3)19(31-5)15(8-13)30-4/h6-8,10H,9H2,1-5H3,(H,25,27). The van der Waals surface area contributed by atoms with Gasteiger partial charge in [-0.25, -0.2) is 9.97 Å². The van der Waals surface area contributed by atoms with Gasteiger partial charge < -0.3 is 19.5 Å². The summed E-state index contributed by atoms with van der Waals surface area (Å²) >= 11 is 1.29. The quantitative estimate of drug-likeness (QED) is 0.477. The van der Waals surface area contributed by atoms with Crippen LogP contribution in [0.4, 0.5) is 5.69 Å². The molecule has 10 heteroatoms. The molecule has 0 saturated heterocycles. The van der Waals surface area contributed by atoms with Crippen LogP contribution in [-0.4, -0.2) is 41.8 Å². The Hall–Kier alpha value is -3.66. The second kappa shape index (κ2) is 8.46. The molecule has 3 heterocycles. The number of anilines is 1. The SMILES string of the molecule is COc1cc(NC(=O)Cn2cnc3c(sc4nc(C)cc(C)c43)c2=O)cc(OC)c1OC. The summed E-state index contributed by atoms with van der Waals surface area (Å²) in [5.41, 5.74) is 2.68. The molecule has 9 nitrogen and oxygen atoms in total. The van der Waals surface area contributed by atoms with Crippen molar-refractivity contribution in [1.29, 1.82) is 0 Å². The predicted octanol–water partition coefficient (Wildman–Crippen LogP) is 3.29. The molecule has 0 bridgehead atoms. The van der Waals surface area contributed by atoms with Gasteiger partial charge in [-0.05, 0) is 25.5 Å². The van der Waals surface area contributed by atoms with Crippen LogP contribution in [0.3, 0.4) is 0 Å². The second-order valence-corrected chi connectivity index (χ2v) is 8.18. The Morgan fingerprint density at radius 1 is 1.09 bits per heavy atom. The van der Waals surface area contributed by atoms with Crippen LogP contribution in [0.5, 0.6) is 17.2 Å². The van der Waals surface area contributed by atoms with Crippen LogP contribution in [0.1, 0.15) is 11.3 Å². The maximum Gasteiger partial charge on any atom is 0.271 e. The first-order chi connectivity index (χ1) is 15.4. The zero-order valence-electron chi connectivity index (χ0n) is 18.3. The van der Waals surface area contributed by atoms with E-state index in [1.165, 1.54) is 43.6 Å². The summed E-state index contributed by atoms with van der Waals surface area (Å²) in [5.74, 6) is 0.841. The van der Waals surface area contributed by atoms with Gasteiger partial charge in [-0.15, -0.1) is 11.3 Å². The van der Waals surface area contributed by atoms with Gasteiger partial charge in [-0.3, -0.25) is 14.2 Å². The minimum Gasteiger partial charge on any atom is -0.493 e. The van der Waals surface area contributed by atoms with Crippen LogP contribution in [0.25, 0.3) is 20.4 Å². The summed E-state index contributed by atoms with van der Waals surface area (Å²) in [5, 5.41) is 3.64. The molecule has 0 unspecified atom stereocenters. The molecule has 32 heavy (non-hydrogen) atoms. The molecular formula is C22H22N4O5S. The zero-order chi connectivity index (χ0) is 23.0. The van der Waals surface area contributed by atoms with Crippen molar-refractivity contribution in [3.05, 3.63) is 46.1 Å². The van der Waals surface area contributed by atoms with Crippen LogP contribution in [0.2, 0.25) is 0 Å². The Kier molecular flexibility index (Phi) is 5.70. The van der Waals surface area contributed by atoms with E-state index in [4.69, 9.17) is 14.2 Å². The van der Waals surface area contributed by atoms with E-state index in [9.17, 15) is 9.59 Å². The first-order valence-electron chi connectivity index (χ1n) is 9.72. The van der Waals surface area contributed by atoms with Gasteiger partial charge in [0.2, 0.25) is 11.7 Å². The average Bonchev–Trinajstić information content (AvgIpc) is 3.14. The van der Waals surface area contributed by atoms with Crippen LogP contribution < -0.4 is 25.1 Å². The number of pyridine rings is 1. The first-order valence-corrected chi connectivity index (χ1v) is 10.5. The summed E-state index contributed by atoms with van der Waals surface area (Å²) in [7, 11) is 4.49. The molecular weight excluding hydrogens is 432 g/mol. The lowest BCUT2D eigenvalue weighted by Gasteiger charge is -2.14. The fourth-order valence-electron chi connectivity index (χ4n) is 3.62. The number of nitrogens with zero attached hydrogens (tertiary/aromatic N) is 3. The van der Waals surface area contributed by atoms with Gasteiger partial charge in [0.05, 0.1) is 33.2 Å². The average molecular weight is 455 g/mol. The van der Waals surface area contributed by atoms with Gasteiger partial charge in [0.1, 0.15) is 16.1 Å². The number of rotatable bonds is 6. The molecule has 1 N–H and O–H groups in total. The van der Waals surface area contributed by atoms with E-state index in [1.807, 2.05) is 19.9 Å². The molecule has 166 valence electrons. The highest BCUT2D eigenvalue weighted by Gasteiger charge is 2.17. The van der Waals surface area contributed by atoms with E-state index < -0.39 is 5.91 Å². The van der Waals surface area contributed by atoms with Gasteiger partial charge in [0, 0.05) is 28.9 Å². The highest BCUT2D eigenvalue weighted by atomic mass is 32.1. The van der Waals surface area contributed by atoms with Gasteiger partial charge in [0.25, 0.3) is 5.56 Å². The predicted molar refractivity (Wildman–Crippen MR) is 123 cm³/mol. The maximum absolute atomic E-state index is 13.0. The molecule has 1 amide bonds. The van der Waals surface area contributed by atoms with E-state index in [0.717, 1.165) is 21.5 Å². The Bertz CT molecular complexity index is 1380. The number of hydrogen-bond acceptors (Lipinski definition) is 8. The third-order valence-electron chi connectivity index (χ3n) is 5.01. The molecule has 0 spiro atoms. The highest BCUT2D eigenvalue weighted by molar-refractivity contribution is 7.25. The summed E-state index contributed by atoms with van der Waals surface area (Å²) < 4.78 is 17.7. The molecule has 0 radical (unpaired) electrons. The molecule has 0 atom stereocenters. The van der Waals surface area contributed by atoms with Crippen LogP contribution >= 0.6 is 11.3 Å². The Balaban J connectivity index is 1.65. The zero-order valence-corrected chi connectivity index (χ0v) is 19.1. The minimum absolute atomic E-state index is 0.196. The number of nitrogens with one attached hydrogen (secondary N) is 1. The number of aromatic nitrogens is 3. The molecule has 4 rings (SSSR count). The van der Waals surface area contributed by atoms with Crippen molar-refractivity contribution in [2.24, 2.45) is 0 Å². The largest absolute Gasteiger partial charge is 0.493 e. The molecule has 4 aromatic rings. The van der Waals surface area contributed by atoms with Crippen molar-refractivity contribution in [2.75, 3.05) is 26.6 Å². The number of methoxy groups -OCH3 is 3. The molecule has 0 fully saturated rings. The number of thiophene rings is 1. The van der Waals surface area contributed by atoms with E-state index in [-0.39, 0.29) is 12.1 Å². The molecule has 1 aromatic carbocycles. The fraction of sp³-hybridized carbons (Fsp3) is 0.273. The van der Waals surface area contributed by atoms with Crippen molar-refractivity contribution >= 4 is 43.4 Å². The first kappa shape index (κ1) is 21.6. The Morgan fingerprint density at radius 3 is 2.41 bits per heavy atom. The number of aryl methyl sites for hydroxylation is 2.